The van der Waals surface area contributed by atoms with E-state index < -0.39 is 0 Å². The highest BCUT2D eigenvalue weighted by Gasteiger charge is 2.05. The summed E-state index contributed by atoms with van der Waals surface area (Å²) in [5, 5.41) is 0. The normalized spacial score (nSPS) is 11.5. The third kappa shape index (κ3) is 3.57. The number of nitrogens with zero attached hydrogens (tertiary/aromatic N) is 2. The summed E-state index contributed by atoms with van der Waals surface area (Å²) in [5.41, 5.74) is 2.60. The lowest BCUT2D eigenvalue weighted by Gasteiger charge is -2.23. The Balaban J connectivity index is 4.06. The molecule has 0 atom stereocenters. The molecule has 0 aromatic rings. The molecule has 3 N–H and O–H groups in total. The molecule has 0 rings (SSSR count). The highest BCUT2D eigenvalue weighted by Crippen LogP contribution is 1.93. The molecule has 0 bridgehead atoms. The number of guanidine groups is 1. The van der Waals surface area contributed by atoms with Crippen LogP contribution in [0.1, 0.15) is 26.7 Å². The van der Waals surface area contributed by atoms with Gasteiger partial charge in [0.15, 0.2) is 0 Å². The zero-order valence-corrected chi connectivity index (χ0v) is 8.30. The Bertz CT molecular complexity index is 127. The molecular weight excluding hydrogens is 152 g/mol. The van der Waals surface area contributed by atoms with E-state index in [0.29, 0.717) is 0 Å². The molecule has 0 aromatic heterocycles. The Morgan fingerprint density at radius 2 is 1.83 bits per heavy atom. The molecule has 0 spiro atoms. The van der Waals surface area contributed by atoms with Gasteiger partial charge in [0, 0.05) is 20.1 Å². The largest absolute Gasteiger partial charge is 0.342 e. The average molecular weight is 172 g/mol. The maximum atomic E-state index is 5.32. The summed E-state index contributed by atoms with van der Waals surface area (Å²) in [6.45, 7) is 6.30. The summed E-state index contributed by atoms with van der Waals surface area (Å²) in [5.74, 6) is 6.10. The molecular formula is C8H20N4. The summed E-state index contributed by atoms with van der Waals surface area (Å²) < 4.78 is 0. The van der Waals surface area contributed by atoms with Gasteiger partial charge in [-0.15, -0.1) is 0 Å². The van der Waals surface area contributed by atoms with E-state index in [1.54, 1.807) is 7.05 Å². The second kappa shape index (κ2) is 6.91. The van der Waals surface area contributed by atoms with Crippen molar-refractivity contribution in [2.24, 2.45) is 10.8 Å². The first-order valence-electron chi connectivity index (χ1n) is 4.48. The van der Waals surface area contributed by atoms with E-state index in [-0.39, 0.29) is 0 Å². The van der Waals surface area contributed by atoms with Crippen LogP contribution in [-0.2, 0) is 0 Å². The Morgan fingerprint density at radius 3 is 2.08 bits per heavy atom. The fraction of sp³-hybridized carbons (Fsp3) is 0.875. The molecule has 0 radical (unpaired) electrons. The molecule has 0 heterocycles. The summed E-state index contributed by atoms with van der Waals surface area (Å²) in [7, 11) is 1.74. The second-order valence-corrected chi connectivity index (χ2v) is 2.68. The van der Waals surface area contributed by atoms with Crippen LogP contribution in [0.15, 0.2) is 4.99 Å². The standard InChI is InChI=1S/C8H20N4/c1-4-6-12(7-5-2)8(10-3)11-9/h4-7,9H2,1-3H3,(H,10,11). The van der Waals surface area contributed by atoms with E-state index >= 15 is 0 Å². The molecule has 0 aliphatic carbocycles. The summed E-state index contributed by atoms with van der Waals surface area (Å²) in [4.78, 5) is 6.20. The Kier molecular flexibility index (Phi) is 6.47. The molecule has 12 heavy (non-hydrogen) atoms. The molecule has 0 amide bonds. The molecule has 0 unspecified atom stereocenters. The highest BCUT2D eigenvalue weighted by atomic mass is 15.4. The molecule has 0 aliphatic heterocycles. The van der Waals surface area contributed by atoms with Crippen LogP contribution in [0.4, 0.5) is 0 Å². The third-order valence-electron chi connectivity index (χ3n) is 1.63. The summed E-state index contributed by atoms with van der Waals surface area (Å²) in [6.07, 6.45) is 2.22. The molecule has 4 nitrogen and oxygen atoms in total. The lowest BCUT2D eigenvalue weighted by atomic mass is 10.4. The molecule has 0 aromatic carbocycles. The van der Waals surface area contributed by atoms with Crippen molar-refractivity contribution in [2.75, 3.05) is 20.1 Å². The topological polar surface area (TPSA) is 53.6 Å². The van der Waals surface area contributed by atoms with Crippen LogP contribution < -0.4 is 11.3 Å². The number of rotatable bonds is 4. The lowest BCUT2D eigenvalue weighted by Crippen LogP contribution is -2.45. The van der Waals surface area contributed by atoms with Gasteiger partial charge >= 0.3 is 0 Å². The number of hydrazine groups is 1. The van der Waals surface area contributed by atoms with Crippen molar-refractivity contribution in [3.8, 4) is 0 Å². The van der Waals surface area contributed by atoms with Crippen molar-refractivity contribution < 1.29 is 0 Å². The highest BCUT2D eigenvalue weighted by molar-refractivity contribution is 5.79. The minimum atomic E-state index is 0.777. The third-order valence-corrected chi connectivity index (χ3v) is 1.63. The molecule has 0 saturated carbocycles. The van der Waals surface area contributed by atoms with Gasteiger partial charge in [0.05, 0.1) is 0 Å². The number of nitrogens with two attached hydrogens (primary N) is 1. The van der Waals surface area contributed by atoms with Gasteiger partial charge in [0.25, 0.3) is 0 Å². The van der Waals surface area contributed by atoms with Crippen LogP contribution in [0.2, 0.25) is 0 Å². The Labute approximate surface area is 74.8 Å². The second-order valence-electron chi connectivity index (χ2n) is 2.68. The van der Waals surface area contributed by atoms with E-state index in [4.69, 9.17) is 5.84 Å². The molecule has 0 saturated heterocycles. The Morgan fingerprint density at radius 1 is 1.33 bits per heavy atom. The SMILES string of the molecule is CCCN(CCC)C(=NC)NN. The van der Waals surface area contributed by atoms with E-state index in [1.165, 1.54) is 0 Å². The minimum absolute atomic E-state index is 0.777. The van der Waals surface area contributed by atoms with E-state index in [2.05, 4.69) is 29.2 Å². The van der Waals surface area contributed by atoms with Crippen molar-refractivity contribution in [1.29, 1.82) is 0 Å². The summed E-state index contributed by atoms with van der Waals surface area (Å²) in [6, 6.07) is 0. The summed E-state index contributed by atoms with van der Waals surface area (Å²) >= 11 is 0. The van der Waals surface area contributed by atoms with E-state index in [9.17, 15) is 0 Å². The van der Waals surface area contributed by atoms with Crippen LogP contribution in [0.3, 0.4) is 0 Å². The predicted octanol–water partition coefficient (Wildman–Crippen LogP) is 0.558. The first-order chi connectivity index (χ1) is 5.79. The van der Waals surface area contributed by atoms with Gasteiger partial charge < -0.3 is 4.90 Å². The molecule has 0 fully saturated rings. The van der Waals surface area contributed by atoms with Gasteiger partial charge in [0.1, 0.15) is 0 Å². The number of nitrogens with one attached hydrogen (secondary N) is 1. The van der Waals surface area contributed by atoms with Gasteiger partial charge in [-0.05, 0) is 12.8 Å². The van der Waals surface area contributed by atoms with Gasteiger partial charge in [-0.1, -0.05) is 13.8 Å². The zero-order valence-electron chi connectivity index (χ0n) is 8.30. The van der Waals surface area contributed by atoms with Crippen LogP contribution in [0.5, 0.6) is 0 Å². The minimum Gasteiger partial charge on any atom is -0.342 e. The van der Waals surface area contributed by atoms with Gasteiger partial charge in [-0.3, -0.25) is 10.4 Å². The number of aliphatic imine (C=N–C) groups is 1. The smallest absolute Gasteiger partial charge is 0.208 e. The van der Waals surface area contributed by atoms with Crippen molar-refractivity contribution in [3.63, 3.8) is 0 Å². The lowest BCUT2D eigenvalue weighted by molar-refractivity contribution is 0.402. The molecule has 0 aliphatic rings. The quantitative estimate of drug-likeness (QED) is 0.282. The van der Waals surface area contributed by atoms with Crippen LogP contribution in [0.25, 0.3) is 0 Å². The fourth-order valence-electron chi connectivity index (χ4n) is 1.16. The van der Waals surface area contributed by atoms with Gasteiger partial charge in [-0.25, -0.2) is 5.84 Å². The van der Waals surface area contributed by atoms with Crippen molar-refractivity contribution in [3.05, 3.63) is 0 Å². The zero-order chi connectivity index (χ0) is 9.40. The van der Waals surface area contributed by atoms with Crippen LogP contribution in [-0.4, -0.2) is 31.0 Å². The van der Waals surface area contributed by atoms with E-state index in [0.717, 1.165) is 31.9 Å². The number of hydrogen-bond donors (Lipinski definition) is 2. The monoisotopic (exact) mass is 172 g/mol. The van der Waals surface area contributed by atoms with Crippen molar-refractivity contribution in [1.82, 2.24) is 10.3 Å². The molecule has 4 heteroatoms. The van der Waals surface area contributed by atoms with Gasteiger partial charge in [-0.2, -0.15) is 0 Å². The molecule has 72 valence electrons. The first-order valence-corrected chi connectivity index (χ1v) is 4.48. The number of hydrogen-bond acceptors (Lipinski definition) is 2. The van der Waals surface area contributed by atoms with Crippen LogP contribution >= 0.6 is 0 Å². The van der Waals surface area contributed by atoms with Crippen molar-refractivity contribution in [2.45, 2.75) is 26.7 Å². The predicted molar refractivity (Wildman–Crippen MR) is 52.8 cm³/mol. The average Bonchev–Trinajstić information content (AvgIpc) is 2.07. The maximum Gasteiger partial charge on any atom is 0.208 e. The Hall–Kier alpha value is -0.770. The fourth-order valence-corrected chi connectivity index (χ4v) is 1.16. The van der Waals surface area contributed by atoms with Gasteiger partial charge in [0.2, 0.25) is 5.96 Å². The van der Waals surface area contributed by atoms with E-state index in [1.807, 2.05) is 0 Å². The van der Waals surface area contributed by atoms with Crippen LogP contribution in [0, 0.1) is 0 Å². The first kappa shape index (κ1) is 11.2. The maximum absolute atomic E-state index is 5.32. The van der Waals surface area contributed by atoms with Crippen molar-refractivity contribution >= 4 is 5.96 Å².